The van der Waals surface area contributed by atoms with Gasteiger partial charge in [0.15, 0.2) is 0 Å². The van der Waals surface area contributed by atoms with Gasteiger partial charge in [0.05, 0.1) is 6.21 Å². The van der Waals surface area contributed by atoms with Crippen LogP contribution in [0.4, 0.5) is 0 Å². The van der Waals surface area contributed by atoms with Gasteiger partial charge in [-0.15, -0.1) is 0 Å². The quantitative estimate of drug-likeness (QED) is 0.258. The Morgan fingerprint density at radius 1 is 0.500 bits per heavy atom. The summed E-state index contributed by atoms with van der Waals surface area (Å²) in [6, 6.07) is 33.5. The maximum absolute atomic E-state index is 4.19. The van der Waals surface area contributed by atoms with Gasteiger partial charge in [-0.2, -0.15) is 4.99 Å². The first-order valence-corrected chi connectivity index (χ1v) is 10.3. The molecule has 0 saturated heterocycles. The molecule has 0 fully saturated rings. The van der Waals surface area contributed by atoms with Crippen LogP contribution in [0.3, 0.4) is 0 Å². The van der Waals surface area contributed by atoms with Gasteiger partial charge in [0.25, 0.3) is 0 Å². The van der Waals surface area contributed by atoms with Crippen LogP contribution in [-0.4, -0.2) is 16.2 Å². The number of para-hydroxylation sites is 4. The van der Waals surface area contributed by atoms with Gasteiger partial charge in [-0.25, -0.2) is 0 Å². The number of aromatic nitrogens is 2. The highest BCUT2D eigenvalue weighted by Crippen LogP contribution is 2.25. The van der Waals surface area contributed by atoms with E-state index >= 15 is 0 Å². The fraction of sp³-hybridized carbons (Fsp3) is 0. The largest absolute Gasteiger partial charge is 0.355 e. The zero-order valence-electron chi connectivity index (χ0n) is 17.2. The Labute approximate surface area is 184 Å². The molecule has 0 atom stereocenters. The van der Waals surface area contributed by atoms with Crippen LogP contribution in [-0.2, 0) is 9.88 Å². The number of benzene rings is 4. The van der Waals surface area contributed by atoms with Gasteiger partial charge in [-0.3, -0.25) is 4.89 Å². The Morgan fingerprint density at radius 2 is 0.875 bits per heavy atom. The van der Waals surface area contributed by atoms with Crippen molar-refractivity contribution in [1.82, 2.24) is 9.97 Å². The Morgan fingerprint density at radius 3 is 1.12 bits per heavy atom. The Balaban J connectivity index is 0.000000109. The third-order valence-electron chi connectivity index (χ3n) is 5.19. The number of allylic oxidation sites excluding steroid dienone is 1. The summed E-state index contributed by atoms with van der Waals surface area (Å²) < 4.78 is 0. The summed E-state index contributed by atoms with van der Waals surface area (Å²) in [7, 11) is 0. The number of H-pyrrole nitrogens is 2. The molecule has 5 heteroatoms. The van der Waals surface area contributed by atoms with Crippen molar-refractivity contribution in [2.45, 2.75) is 0 Å². The predicted octanol–water partition coefficient (Wildman–Crippen LogP) is 7.09. The van der Waals surface area contributed by atoms with Gasteiger partial charge in [0.2, 0.25) is 0 Å². The molecule has 6 aromatic rings. The third kappa shape index (κ3) is 4.04. The fourth-order valence-corrected chi connectivity index (χ4v) is 3.77. The highest BCUT2D eigenvalue weighted by molar-refractivity contribution is 6.07. The van der Waals surface area contributed by atoms with Crippen LogP contribution in [0.1, 0.15) is 0 Å². The van der Waals surface area contributed by atoms with Crippen molar-refractivity contribution >= 4 is 49.8 Å². The lowest BCUT2D eigenvalue weighted by atomic mass is 10.2. The van der Waals surface area contributed by atoms with Gasteiger partial charge >= 0.3 is 0 Å². The van der Waals surface area contributed by atoms with E-state index in [9.17, 15) is 0 Å². The lowest BCUT2D eigenvalue weighted by molar-refractivity contribution is -0.251. The van der Waals surface area contributed by atoms with E-state index in [1.54, 1.807) is 6.08 Å². The number of hydrogen-bond donors (Lipinski definition) is 2. The van der Waals surface area contributed by atoms with Crippen LogP contribution in [0.25, 0.3) is 43.6 Å². The smallest absolute Gasteiger partial charge is 0.147 e. The van der Waals surface area contributed by atoms with Gasteiger partial charge in [-0.1, -0.05) is 72.8 Å². The van der Waals surface area contributed by atoms with E-state index in [0.29, 0.717) is 0 Å². The average molecular weight is 419 g/mol. The van der Waals surface area contributed by atoms with Crippen molar-refractivity contribution in [2.75, 3.05) is 0 Å². The molecule has 3 heterocycles. The van der Waals surface area contributed by atoms with Crippen LogP contribution >= 0.6 is 0 Å². The molecule has 0 amide bonds. The molecule has 4 aromatic carbocycles. The second kappa shape index (κ2) is 9.10. The Kier molecular flexibility index (Phi) is 5.53. The molecule has 0 radical (unpaired) electrons. The highest BCUT2D eigenvalue weighted by atomic mass is 17.3. The molecule has 156 valence electrons. The molecule has 32 heavy (non-hydrogen) atoms. The number of oxime groups is 1. The molecule has 2 N–H and O–H groups in total. The van der Waals surface area contributed by atoms with Crippen molar-refractivity contribution in [3.63, 3.8) is 0 Å². The molecule has 0 unspecified atom stereocenters. The van der Waals surface area contributed by atoms with Crippen molar-refractivity contribution in [3.8, 4) is 0 Å². The number of fused-ring (bicyclic) bond motifs is 6. The minimum Gasteiger partial charge on any atom is -0.355 e. The van der Waals surface area contributed by atoms with Crippen LogP contribution in [0.5, 0.6) is 0 Å². The van der Waals surface area contributed by atoms with Gasteiger partial charge in [0.1, 0.15) is 6.26 Å². The molecular weight excluding hydrogens is 398 g/mol. The summed E-state index contributed by atoms with van der Waals surface area (Å²) in [5.41, 5.74) is 4.85. The van der Waals surface area contributed by atoms with Crippen molar-refractivity contribution < 1.29 is 9.88 Å². The lowest BCUT2D eigenvalue weighted by Gasteiger charge is -1.92. The van der Waals surface area contributed by atoms with Gasteiger partial charge < -0.3 is 9.97 Å². The third-order valence-corrected chi connectivity index (χ3v) is 5.19. The first-order valence-electron chi connectivity index (χ1n) is 10.3. The second-order valence-electron chi connectivity index (χ2n) is 7.19. The summed E-state index contributed by atoms with van der Waals surface area (Å²) in [6.07, 6.45) is 4.51. The second-order valence-corrected chi connectivity index (χ2v) is 7.19. The molecule has 2 aromatic heterocycles. The monoisotopic (exact) mass is 419 g/mol. The van der Waals surface area contributed by atoms with Crippen molar-refractivity contribution in [1.29, 1.82) is 0 Å². The molecule has 0 aliphatic carbocycles. The van der Waals surface area contributed by atoms with Crippen molar-refractivity contribution in [2.24, 2.45) is 5.16 Å². The highest BCUT2D eigenvalue weighted by Gasteiger charge is 2.01. The first kappa shape index (κ1) is 19.5. The molecule has 5 nitrogen and oxygen atoms in total. The zero-order chi connectivity index (χ0) is 21.6. The molecule has 1 aliphatic rings. The van der Waals surface area contributed by atoms with Crippen LogP contribution < -0.4 is 0 Å². The number of rotatable bonds is 0. The van der Waals surface area contributed by atoms with Gasteiger partial charge in [0, 0.05) is 43.6 Å². The normalized spacial score (nSPS) is 12.0. The molecular formula is C27H21N3O2. The molecule has 0 bridgehead atoms. The molecule has 0 saturated carbocycles. The number of nitrogens with one attached hydrogen (secondary N) is 2. The summed E-state index contributed by atoms with van der Waals surface area (Å²) in [6.45, 7) is 0. The maximum atomic E-state index is 4.19. The van der Waals surface area contributed by atoms with E-state index < -0.39 is 0 Å². The number of hydrogen-bond acceptors (Lipinski definition) is 3. The van der Waals surface area contributed by atoms with Crippen molar-refractivity contribution in [3.05, 3.63) is 109 Å². The van der Waals surface area contributed by atoms with E-state index in [1.165, 1.54) is 56.1 Å². The number of nitrogens with zero attached hydrogens (tertiary/aromatic N) is 1. The molecule has 7 rings (SSSR count). The Hall–Kier alpha value is -4.51. The fourth-order valence-electron chi connectivity index (χ4n) is 3.77. The van der Waals surface area contributed by atoms with E-state index in [-0.39, 0.29) is 0 Å². The SMILES string of the molecule is C1=COON=C1.c1ccc2c(c1)[nH]c1ccccc12.c1ccc2c(c1)[nH]c1ccccc12. The van der Waals surface area contributed by atoms with E-state index in [1.807, 2.05) is 0 Å². The van der Waals surface area contributed by atoms with E-state index in [4.69, 9.17) is 0 Å². The van der Waals surface area contributed by atoms with Crippen LogP contribution in [0, 0.1) is 0 Å². The average Bonchev–Trinajstić information content (AvgIpc) is 3.44. The van der Waals surface area contributed by atoms with Crippen LogP contribution in [0.15, 0.2) is 115 Å². The summed E-state index contributed by atoms with van der Waals surface area (Å²) in [5, 5.41) is 8.46. The van der Waals surface area contributed by atoms with Gasteiger partial charge in [-0.05, 0) is 35.5 Å². The summed E-state index contributed by atoms with van der Waals surface area (Å²) >= 11 is 0. The van der Waals surface area contributed by atoms with E-state index in [2.05, 4.69) is 122 Å². The predicted molar refractivity (Wildman–Crippen MR) is 131 cm³/mol. The number of aromatic amines is 2. The standard InChI is InChI=1S/2C12H9N.C3H3NO2/c2*1-3-7-11-9(5-1)10-6-2-4-8-12(10)13-11;1-2-4-6-5-3-1/h2*1-8,13H;1-3H. The first-order chi connectivity index (χ1) is 15.9. The molecule has 1 aliphatic heterocycles. The lowest BCUT2D eigenvalue weighted by Crippen LogP contribution is -1.82. The Bertz CT molecular complexity index is 1320. The minimum atomic E-state index is 1.21. The van der Waals surface area contributed by atoms with Crippen LogP contribution in [0.2, 0.25) is 0 Å². The minimum absolute atomic E-state index is 1.21. The maximum Gasteiger partial charge on any atom is 0.147 e. The summed E-state index contributed by atoms with van der Waals surface area (Å²) in [5.74, 6) is 0. The zero-order valence-corrected chi connectivity index (χ0v) is 17.2. The summed E-state index contributed by atoms with van der Waals surface area (Å²) in [4.78, 5) is 15.0. The van der Waals surface area contributed by atoms with E-state index in [0.717, 1.165) is 0 Å². The topological polar surface area (TPSA) is 62.4 Å². The molecule has 0 spiro atoms.